The Kier molecular flexibility index (Phi) is 2.55. The van der Waals surface area contributed by atoms with Crippen molar-refractivity contribution in [1.82, 2.24) is 0 Å². The van der Waals surface area contributed by atoms with Crippen LogP contribution in [0.25, 0.3) is 12.2 Å². The predicted octanol–water partition coefficient (Wildman–Crippen LogP) is 1.83. The Morgan fingerprint density at radius 2 is 2.19 bits per heavy atom. The van der Waals surface area contributed by atoms with Gasteiger partial charge < -0.3 is 5.73 Å². The van der Waals surface area contributed by atoms with Gasteiger partial charge in [0.15, 0.2) is 0 Å². The number of rotatable bonds is 0. The van der Waals surface area contributed by atoms with Crippen LogP contribution in [0.2, 0.25) is 0 Å². The largest absolute Gasteiger partial charge is 0.389 e. The Labute approximate surface area is 99.7 Å². The summed E-state index contributed by atoms with van der Waals surface area (Å²) in [5.74, 6) is 0.532. The van der Waals surface area contributed by atoms with Crippen LogP contribution in [0.1, 0.15) is 32.8 Å². The summed E-state index contributed by atoms with van der Waals surface area (Å²) in [6.45, 7) is 6.74. The van der Waals surface area contributed by atoms with Gasteiger partial charge in [-0.2, -0.15) is 5.26 Å². The van der Waals surface area contributed by atoms with Gasteiger partial charge in [0.25, 0.3) is 0 Å². The van der Waals surface area contributed by atoms with Gasteiger partial charge in [0.05, 0.1) is 5.56 Å². The average Bonchev–Trinajstić information content (AvgIpc) is 2.50. The molecule has 0 saturated heterocycles. The molecule has 3 heteroatoms. The van der Waals surface area contributed by atoms with Crippen LogP contribution in [0.5, 0.6) is 0 Å². The number of nitrogen functional groups attached to an aromatic ring is 1. The van der Waals surface area contributed by atoms with E-state index in [-0.39, 0.29) is 5.41 Å². The van der Waals surface area contributed by atoms with E-state index < -0.39 is 0 Å². The van der Waals surface area contributed by atoms with Crippen LogP contribution in [0.15, 0.2) is 0 Å². The van der Waals surface area contributed by atoms with E-state index in [9.17, 15) is 0 Å². The number of fused-ring (bicyclic) bond motifs is 1. The van der Waals surface area contributed by atoms with E-state index in [4.69, 9.17) is 11.0 Å². The summed E-state index contributed by atoms with van der Waals surface area (Å²) in [7, 11) is 0. The first-order valence-corrected chi connectivity index (χ1v) is 6.25. The molecule has 1 aliphatic rings. The Hall–Kier alpha value is -1.27. The number of hydrogen-bond acceptors (Lipinski definition) is 3. The summed E-state index contributed by atoms with van der Waals surface area (Å²) < 4.78 is 1.17. The summed E-state index contributed by atoms with van der Waals surface area (Å²) in [6.07, 6.45) is 5.44. The third kappa shape index (κ3) is 1.74. The number of thiophene rings is 1. The Morgan fingerprint density at radius 1 is 1.50 bits per heavy atom. The second-order valence-electron chi connectivity index (χ2n) is 5.31. The van der Waals surface area contributed by atoms with Crippen molar-refractivity contribution >= 4 is 28.5 Å². The molecule has 2 N–H and O–H groups in total. The zero-order chi connectivity index (χ0) is 11.9. The van der Waals surface area contributed by atoms with Gasteiger partial charge >= 0.3 is 0 Å². The topological polar surface area (TPSA) is 49.8 Å². The van der Waals surface area contributed by atoms with E-state index in [1.165, 1.54) is 15.9 Å². The minimum absolute atomic E-state index is 0.264. The summed E-state index contributed by atoms with van der Waals surface area (Å²) in [5.41, 5.74) is 6.76. The quantitative estimate of drug-likeness (QED) is 0.742. The molecule has 0 spiro atoms. The van der Waals surface area contributed by atoms with Crippen molar-refractivity contribution in [3.8, 4) is 6.07 Å². The van der Waals surface area contributed by atoms with Crippen molar-refractivity contribution in [1.29, 1.82) is 5.26 Å². The van der Waals surface area contributed by atoms with Crippen LogP contribution in [0.4, 0.5) is 5.00 Å². The fraction of sp³-hybridized carbons (Fsp3) is 0.462. The molecule has 0 aliphatic heterocycles. The van der Waals surface area contributed by atoms with Gasteiger partial charge in [-0.1, -0.05) is 32.9 Å². The van der Waals surface area contributed by atoms with Crippen LogP contribution in [-0.4, -0.2) is 0 Å². The van der Waals surface area contributed by atoms with Gasteiger partial charge in [0.1, 0.15) is 11.1 Å². The molecule has 84 valence electrons. The van der Waals surface area contributed by atoms with E-state index in [1.54, 1.807) is 0 Å². The van der Waals surface area contributed by atoms with E-state index in [0.717, 1.165) is 11.6 Å². The maximum Gasteiger partial charge on any atom is 0.105 e. The SMILES string of the molecule is CC(C)(C)C1C=c2sc(N)c(C#N)c2=CC1. The first-order chi connectivity index (χ1) is 7.43. The molecule has 0 fully saturated rings. The highest BCUT2D eigenvalue weighted by molar-refractivity contribution is 7.14. The molecule has 16 heavy (non-hydrogen) atoms. The molecular formula is C13H16N2S. The van der Waals surface area contributed by atoms with Crippen LogP contribution in [0, 0.1) is 22.7 Å². The van der Waals surface area contributed by atoms with Gasteiger partial charge in [-0.25, -0.2) is 0 Å². The zero-order valence-corrected chi connectivity index (χ0v) is 10.7. The maximum absolute atomic E-state index is 9.03. The number of nitriles is 1. The van der Waals surface area contributed by atoms with Crippen LogP contribution < -0.4 is 15.5 Å². The molecular weight excluding hydrogens is 216 g/mol. The van der Waals surface area contributed by atoms with Crippen molar-refractivity contribution in [3.63, 3.8) is 0 Å². The van der Waals surface area contributed by atoms with E-state index in [0.29, 0.717) is 16.5 Å². The summed E-state index contributed by atoms with van der Waals surface area (Å²) in [4.78, 5) is 0. The van der Waals surface area contributed by atoms with E-state index >= 15 is 0 Å². The second-order valence-corrected chi connectivity index (χ2v) is 6.39. The Morgan fingerprint density at radius 3 is 2.75 bits per heavy atom. The fourth-order valence-corrected chi connectivity index (χ4v) is 3.04. The molecule has 2 rings (SSSR count). The van der Waals surface area contributed by atoms with Crippen molar-refractivity contribution in [2.75, 3.05) is 5.73 Å². The molecule has 0 aromatic carbocycles. The molecule has 2 nitrogen and oxygen atoms in total. The molecule has 0 saturated carbocycles. The van der Waals surface area contributed by atoms with Crippen LogP contribution in [0.3, 0.4) is 0 Å². The summed E-state index contributed by atoms with van der Waals surface area (Å²) in [6, 6.07) is 2.19. The van der Waals surface area contributed by atoms with Crippen LogP contribution >= 0.6 is 11.3 Å². The van der Waals surface area contributed by atoms with E-state index in [2.05, 4.69) is 39.0 Å². The zero-order valence-electron chi connectivity index (χ0n) is 9.87. The monoisotopic (exact) mass is 232 g/mol. The third-order valence-corrected chi connectivity index (χ3v) is 4.15. The first kappa shape index (κ1) is 11.2. The maximum atomic E-state index is 9.03. The highest BCUT2D eigenvalue weighted by atomic mass is 32.1. The van der Waals surface area contributed by atoms with Crippen molar-refractivity contribution in [2.45, 2.75) is 27.2 Å². The molecule has 1 heterocycles. The van der Waals surface area contributed by atoms with Gasteiger partial charge in [-0.05, 0) is 17.8 Å². The number of nitrogens with two attached hydrogens (primary N) is 1. The molecule has 0 amide bonds. The lowest BCUT2D eigenvalue weighted by Gasteiger charge is -2.28. The average molecular weight is 232 g/mol. The molecule has 1 aromatic rings. The second kappa shape index (κ2) is 3.64. The highest BCUT2D eigenvalue weighted by Gasteiger charge is 2.24. The lowest BCUT2D eigenvalue weighted by molar-refractivity contribution is 0.314. The van der Waals surface area contributed by atoms with E-state index in [1.807, 2.05) is 0 Å². The number of hydrogen-bond donors (Lipinski definition) is 1. The molecule has 0 bridgehead atoms. The normalized spacial score (nSPS) is 19.2. The minimum atomic E-state index is 0.264. The number of nitrogens with zero attached hydrogens (tertiary/aromatic N) is 1. The van der Waals surface area contributed by atoms with Crippen molar-refractivity contribution in [3.05, 3.63) is 15.3 Å². The van der Waals surface area contributed by atoms with Gasteiger partial charge in [0, 0.05) is 9.75 Å². The minimum Gasteiger partial charge on any atom is -0.389 e. The molecule has 1 atom stereocenters. The summed E-state index contributed by atoms with van der Waals surface area (Å²) >= 11 is 1.53. The van der Waals surface area contributed by atoms with Crippen molar-refractivity contribution in [2.24, 2.45) is 11.3 Å². The van der Waals surface area contributed by atoms with Gasteiger partial charge in [-0.3, -0.25) is 0 Å². The lowest BCUT2D eigenvalue weighted by atomic mass is 9.77. The molecule has 1 aromatic heterocycles. The predicted molar refractivity (Wildman–Crippen MR) is 69.2 cm³/mol. The first-order valence-electron chi connectivity index (χ1n) is 5.44. The highest BCUT2D eigenvalue weighted by Crippen LogP contribution is 2.31. The van der Waals surface area contributed by atoms with Gasteiger partial charge in [0.2, 0.25) is 0 Å². The molecule has 1 aliphatic carbocycles. The van der Waals surface area contributed by atoms with Gasteiger partial charge in [-0.15, -0.1) is 11.3 Å². The summed E-state index contributed by atoms with van der Waals surface area (Å²) in [5, 5.41) is 10.7. The third-order valence-electron chi connectivity index (χ3n) is 3.15. The lowest BCUT2D eigenvalue weighted by Crippen LogP contribution is -2.30. The Bertz CT molecular complexity index is 567. The molecule has 1 unspecified atom stereocenters. The molecule has 0 radical (unpaired) electrons. The smallest absolute Gasteiger partial charge is 0.105 e. The fourth-order valence-electron chi connectivity index (χ4n) is 2.02. The van der Waals surface area contributed by atoms with Crippen LogP contribution in [-0.2, 0) is 0 Å². The van der Waals surface area contributed by atoms with Crippen molar-refractivity contribution < 1.29 is 0 Å². The standard InChI is InChI=1S/C13H16N2S/c1-13(2,3)8-4-5-9-10(7-14)12(15)16-11(9)6-8/h5-6,8H,4,15H2,1-3H3. The Balaban J connectivity index is 2.60. The number of anilines is 1.